The van der Waals surface area contributed by atoms with E-state index >= 15 is 0 Å². The van der Waals surface area contributed by atoms with Gasteiger partial charge < -0.3 is 23.9 Å². The number of hydrogen-bond acceptors (Lipinski definition) is 5. The largest absolute Gasteiger partial charge is 0.497 e. The van der Waals surface area contributed by atoms with Crippen molar-refractivity contribution in [3.8, 4) is 11.5 Å². The van der Waals surface area contributed by atoms with Crippen molar-refractivity contribution in [2.75, 3.05) is 20.8 Å². The van der Waals surface area contributed by atoms with Gasteiger partial charge in [-0.3, -0.25) is 14.4 Å². The molecule has 1 amide bonds. The number of carbonyl (C=O) groups is 1. The number of methoxy groups -OCH3 is 2. The number of hydrogen-bond donors (Lipinski definition) is 1. The summed E-state index contributed by atoms with van der Waals surface area (Å²) in [6.45, 7) is 2.79. The van der Waals surface area contributed by atoms with Crippen LogP contribution in [0.3, 0.4) is 0 Å². The second-order valence-corrected chi connectivity index (χ2v) is 7.50. The number of aromatic nitrogens is 2. The van der Waals surface area contributed by atoms with Crippen LogP contribution in [0.15, 0.2) is 46.0 Å². The van der Waals surface area contributed by atoms with Crippen molar-refractivity contribution in [1.29, 1.82) is 0 Å². The summed E-state index contributed by atoms with van der Waals surface area (Å²) in [7, 11) is 3.22. The van der Waals surface area contributed by atoms with Gasteiger partial charge in [-0.2, -0.15) is 0 Å². The Morgan fingerprint density at radius 3 is 2.65 bits per heavy atom. The molecule has 2 aromatic carbocycles. The molecule has 0 saturated carbocycles. The van der Waals surface area contributed by atoms with Gasteiger partial charge in [-0.15, -0.1) is 0 Å². The fraction of sp³-hybridized carbons (Fsp3) is 0.348. The van der Waals surface area contributed by atoms with Crippen LogP contribution in [0.25, 0.3) is 11.0 Å². The maximum atomic E-state index is 13.4. The third-order valence-corrected chi connectivity index (χ3v) is 5.85. The Labute approximate surface area is 179 Å². The zero-order chi connectivity index (χ0) is 22.1. The van der Waals surface area contributed by atoms with Gasteiger partial charge in [0.2, 0.25) is 0 Å². The molecule has 0 radical (unpaired) electrons. The molecule has 0 bridgehead atoms. The molecule has 4 rings (SSSR count). The Kier molecular flexibility index (Phi) is 5.54. The summed E-state index contributed by atoms with van der Waals surface area (Å²) in [6.07, 6.45) is 1.69. The first-order chi connectivity index (χ1) is 15.0. The second-order valence-electron chi connectivity index (χ2n) is 7.50. The highest BCUT2D eigenvalue weighted by molar-refractivity contribution is 5.97. The number of amides is 1. The summed E-state index contributed by atoms with van der Waals surface area (Å²) in [5, 5.41) is 0. The Bertz CT molecular complexity index is 1260. The highest BCUT2D eigenvalue weighted by atomic mass is 16.5. The van der Waals surface area contributed by atoms with E-state index in [2.05, 4.69) is 4.98 Å². The summed E-state index contributed by atoms with van der Waals surface area (Å²) in [4.78, 5) is 41.9. The van der Waals surface area contributed by atoms with E-state index < -0.39 is 11.1 Å². The van der Waals surface area contributed by atoms with E-state index in [0.717, 1.165) is 18.4 Å². The minimum atomic E-state index is -0.695. The first kappa shape index (κ1) is 20.7. The van der Waals surface area contributed by atoms with E-state index in [0.29, 0.717) is 41.2 Å². The first-order valence-electron chi connectivity index (χ1n) is 10.3. The van der Waals surface area contributed by atoms with Crippen LogP contribution in [0.2, 0.25) is 0 Å². The lowest BCUT2D eigenvalue weighted by Gasteiger charge is -2.27. The van der Waals surface area contributed by atoms with E-state index in [-0.39, 0.29) is 11.9 Å². The number of fused-ring (bicyclic) bond motifs is 1. The minimum absolute atomic E-state index is 0.135. The van der Waals surface area contributed by atoms with Crippen molar-refractivity contribution in [1.82, 2.24) is 14.5 Å². The maximum Gasteiger partial charge on any atom is 0.316 e. The molecule has 2 heterocycles. The summed E-state index contributed by atoms with van der Waals surface area (Å²) in [5.41, 5.74) is 1.13. The standard InChI is InChI=1S/C23H25N3O5/c1-4-25-19-9-7-14(12-17(19)24-21(27)23(25)29)22(28)26-11-5-6-18(26)16-13-15(30-2)8-10-20(16)31-3/h7-10,12-13,18H,4-6,11H2,1-3H3,(H,24,27). The molecule has 1 aliphatic heterocycles. The van der Waals surface area contributed by atoms with E-state index in [4.69, 9.17) is 9.47 Å². The average Bonchev–Trinajstić information content (AvgIpc) is 3.28. The lowest BCUT2D eigenvalue weighted by atomic mass is 10.0. The Morgan fingerprint density at radius 1 is 1.13 bits per heavy atom. The molecule has 1 aliphatic rings. The Hall–Kier alpha value is -3.55. The Morgan fingerprint density at radius 2 is 1.94 bits per heavy atom. The highest BCUT2D eigenvalue weighted by Crippen LogP contribution is 2.39. The highest BCUT2D eigenvalue weighted by Gasteiger charge is 2.33. The van der Waals surface area contributed by atoms with Crippen LogP contribution >= 0.6 is 0 Å². The lowest BCUT2D eigenvalue weighted by Crippen LogP contribution is -2.36. The fourth-order valence-electron chi connectivity index (χ4n) is 4.33. The number of benzene rings is 2. The molecule has 1 aromatic heterocycles. The smallest absolute Gasteiger partial charge is 0.316 e. The number of ether oxygens (including phenoxy) is 2. The summed E-state index contributed by atoms with van der Waals surface area (Å²) in [5.74, 6) is 1.28. The number of carbonyl (C=O) groups excluding carboxylic acids is 1. The topological polar surface area (TPSA) is 93.6 Å². The van der Waals surface area contributed by atoms with E-state index in [1.807, 2.05) is 23.1 Å². The van der Waals surface area contributed by atoms with Crippen molar-refractivity contribution in [2.24, 2.45) is 0 Å². The van der Waals surface area contributed by atoms with Crippen LogP contribution in [0.5, 0.6) is 11.5 Å². The Balaban J connectivity index is 1.74. The normalized spacial score (nSPS) is 16.0. The molecule has 1 N–H and O–H groups in total. The zero-order valence-corrected chi connectivity index (χ0v) is 17.8. The number of aryl methyl sites for hydroxylation is 1. The number of aromatic amines is 1. The van der Waals surface area contributed by atoms with Gasteiger partial charge in [0.1, 0.15) is 11.5 Å². The molecule has 162 valence electrons. The van der Waals surface area contributed by atoms with Crippen molar-refractivity contribution in [3.63, 3.8) is 0 Å². The monoisotopic (exact) mass is 423 g/mol. The lowest BCUT2D eigenvalue weighted by molar-refractivity contribution is 0.0734. The van der Waals surface area contributed by atoms with Gasteiger partial charge in [-0.05, 0) is 56.2 Å². The van der Waals surface area contributed by atoms with E-state index in [1.54, 1.807) is 39.3 Å². The molecule has 1 unspecified atom stereocenters. The molecule has 8 heteroatoms. The number of H-pyrrole nitrogens is 1. The second kappa shape index (κ2) is 8.29. The van der Waals surface area contributed by atoms with Crippen molar-refractivity contribution >= 4 is 16.9 Å². The molecule has 3 aromatic rings. The first-order valence-corrected chi connectivity index (χ1v) is 10.3. The van der Waals surface area contributed by atoms with Gasteiger partial charge in [0, 0.05) is 24.2 Å². The molecular formula is C23H25N3O5. The van der Waals surface area contributed by atoms with Crippen LogP contribution in [0, 0.1) is 0 Å². The van der Waals surface area contributed by atoms with Gasteiger partial charge >= 0.3 is 11.1 Å². The molecule has 0 spiro atoms. The van der Waals surface area contributed by atoms with Crippen molar-refractivity contribution in [2.45, 2.75) is 32.4 Å². The quantitative estimate of drug-likeness (QED) is 0.637. The summed E-state index contributed by atoms with van der Waals surface area (Å²) >= 11 is 0. The zero-order valence-electron chi connectivity index (χ0n) is 17.8. The molecular weight excluding hydrogens is 398 g/mol. The summed E-state index contributed by atoms with van der Waals surface area (Å²) in [6, 6.07) is 10.5. The molecule has 1 saturated heterocycles. The maximum absolute atomic E-state index is 13.4. The minimum Gasteiger partial charge on any atom is -0.497 e. The van der Waals surface area contributed by atoms with E-state index in [9.17, 15) is 14.4 Å². The average molecular weight is 423 g/mol. The molecule has 31 heavy (non-hydrogen) atoms. The van der Waals surface area contributed by atoms with Gasteiger partial charge in [0.05, 0.1) is 31.3 Å². The van der Waals surface area contributed by atoms with Crippen LogP contribution in [0.4, 0.5) is 0 Å². The number of nitrogens with one attached hydrogen (secondary N) is 1. The molecule has 1 fully saturated rings. The fourth-order valence-corrected chi connectivity index (χ4v) is 4.33. The molecule has 1 atom stereocenters. The third-order valence-electron chi connectivity index (χ3n) is 5.85. The van der Waals surface area contributed by atoms with Gasteiger partial charge in [0.15, 0.2) is 0 Å². The molecule has 8 nitrogen and oxygen atoms in total. The van der Waals surface area contributed by atoms with Crippen molar-refractivity contribution in [3.05, 3.63) is 68.2 Å². The van der Waals surface area contributed by atoms with E-state index in [1.165, 1.54) is 4.57 Å². The number of rotatable bonds is 5. The van der Waals surface area contributed by atoms with Gasteiger partial charge in [-0.1, -0.05) is 0 Å². The van der Waals surface area contributed by atoms with Crippen molar-refractivity contribution < 1.29 is 14.3 Å². The van der Waals surface area contributed by atoms with Crippen LogP contribution in [-0.2, 0) is 6.54 Å². The third kappa shape index (κ3) is 3.58. The van der Waals surface area contributed by atoms with Gasteiger partial charge in [0.25, 0.3) is 5.91 Å². The predicted molar refractivity (Wildman–Crippen MR) is 117 cm³/mol. The van der Waals surface area contributed by atoms with Crippen LogP contribution in [0.1, 0.15) is 41.7 Å². The van der Waals surface area contributed by atoms with Crippen LogP contribution in [-0.4, -0.2) is 41.1 Å². The SMILES string of the molecule is CCn1c(=O)c(=O)[nH]c2cc(C(=O)N3CCCC3c3cc(OC)ccc3OC)ccc21. The number of likely N-dealkylation sites (tertiary alicyclic amines) is 1. The molecule has 0 aliphatic carbocycles. The van der Waals surface area contributed by atoms with Crippen LogP contribution < -0.4 is 20.6 Å². The number of nitrogens with zero attached hydrogens (tertiary/aromatic N) is 2. The predicted octanol–water partition coefficient (Wildman–Crippen LogP) is 2.70. The summed E-state index contributed by atoms with van der Waals surface area (Å²) < 4.78 is 12.3. The van der Waals surface area contributed by atoms with Gasteiger partial charge in [-0.25, -0.2) is 0 Å².